The number of nitro groups is 1. The maximum Gasteiger partial charge on any atom is 0.291 e. The van der Waals surface area contributed by atoms with Crippen molar-refractivity contribution in [2.45, 2.75) is 32.1 Å². The standard InChI is InChI=1S/C13H21N3O4S/c1-4-9-15(6-3)21(19,20)13-8-7-11(14-5-2)10-12(13)16(17)18/h7-8,10,14H,4-6,9H2,1-3H3. The van der Waals surface area contributed by atoms with E-state index in [1.165, 1.54) is 16.4 Å². The predicted molar refractivity (Wildman–Crippen MR) is 82.0 cm³/mol. The van der Waals surface area contributed by atoms with Gasteiger partial charge in [-0.2, -0.15) is 4.31 Å². The minimum atomic E-state index is -3.86. The van der Waals surface area contributed by atoms with E-state index in [1.807, 2.05) is 13.8 Å². The molecular weight excluding hydrogens is 294 g/mol. The lowest BCUT2D eigenvalue weighted by molar-refractivity contribution is -0.387. The molecule has 0 saturated heterocycles. The molecule has 21 heavy (non-hydrogen) atoms. The van der Waals surface area contributed by atoms with Crippen LogP contribution < -0.4 is 5.32 Å². The highest BCUT2D eigenvalue weighted by atomic mass is 32.2. The van der Waals surface area contributed by atoms with Crippen molar-refractivity contribution in [3.63, 3.8) is 0 Å². The quantitative estimate of drug-likeness (QED) is 0.587. The van der Waals surface area contributed by atoms with Crippen molar-refractivity contribution < 1.29 is 13.3 Å². The highest BCUT2D eigenvalue weighted by Gasteiger charge is 2.30. The molecule has 0 spiro atoms. The van der Waals surface area contributed by atoms with Crippen LogP contribution in [0.3, 0.4) is 0 Å². The van der Waals surface area contributed by atoms with Crippen LogP contribution in [0.1, 0.15) is 27.2 Å². The normalized spacial score (nSPS) is 11.6. The topological polar surface area (TPSA) is 92.6 Å². The summed E-state index contributed by atoms with van der Waals surface area (Å²) < 4.78 is 26.3. The monoisotopic (exact) mass is 315 g/mol. The lowest BCUT2D eigenvalue weighted by Gasteiger charge is -2.19. The molecule has 1 rings (SSSR count). The fourth-order valence-electron chi connectivity index (χ4n) is 2.03. The van der Waals surface area contributed by atoms with Crippen LogP contribution in [-0.2, 0) is 10.0 Å². The van der Waals surface area contributed by atoms with Crippen LogP contribution in [0, 0.1) is 10.1 Å². The third-order valence-electron chi connectivity index (χ3n) is 2.98. The summed E-state index contributed by atoms with van der Waals surface area (Å²) in [5, 5.41) is 14.1. The molecule has 0 aliphatic rings. The van der Waals surface area contributed by atoms with Crippen molar-refractivity contribution >= 4 is 21.4 Å². The highest BCUT2D eigenvalue weighted by Crippen LogP contribution is 2.29. The van der Waals surface area contributed by atoms with Crippen molar-refractivity contribution in [1.29, 1.82) is 0 Å². The third-order valence-corrected chi connectivity index (χ3v) is 5.00. The molecule has 0 aliphatic carbocycles. The van der Waals surface area contributed by atoms with E-state index in [-0.39, 0.29) is 11.4 Å². The molecule has 118 valence electrons. The van der Waals surface area contributed by atoms with Gasteiger partial charge in [0.25, 0.3) is 5.69 Å². The smallest absolute Gasteiger partial charge is 0.291 e. The summed E-state index contributed by atoms with van der Waals surface area (Å²) in [7, 11) is -3.86. The first kappa shape index (κ1) is 17.4. The van der Waals surface area contributed by atoms with Gasteiger partial charge in [-0.1, -0.05) is 13.8 Å². The minimum absolute atomic E-state index is 0.260. The van der Waals surface area contributed by atoms with Gasteiger partial charge in [-0.3, -0.25) is 10.1 Å². The van der Waals surface area contributed by atoms with Gasteiger partial charge in [-0.25, -0.2) is 8.42 Å². The number of hydrogen-bond acceptors (Lipinski definition) is 5. The Balaban J connectivity index is 3.37. The average molecular weight is 315 g/mol. The number of hydrogen-bond donors (Lipinski definition) is 1. The second kappa shape index (κ2) is 7.37. The molecular formula is C13H21N3O4S. The zero-order chi connectivity index (χ0) is 16.0. The van der Waals surface area contributed by atoms with Crippen molar-refractivity contribution in [1.82, 2.24) is 4.31 Å². The number of nitro benzene ring substituents is 1. The molecule has 0 radical (unpaired) electrons. The SMILES string of the molecule is CCCN(CC)S(=O)(=O)c1ccc(NCC)cc1[N+](=O)[O-]. The molecule has 0 fully saturated rings. The Morgan fingerprint density at radius 3 is 2.43 bits per heavy atom. The Labute approximate surface area is 125 Å². The van der Waals surface area contributed by atoms with Gasteiger partial charge in [-0.15, -0.1) is 0 Å². The Morgan fingerprint density at radius 1 is 1.29 bits per heavy atom. The number of nitrogens with zero attached hydrogens (tertiary/aromatic N) is 2. The summed E-state index contributed by atoms with van der Waals surface area (Å²) in [6, 6.07) is 4.10. The number of rotatable bonds is 8. The summed E-state index contributed by atoms with van der Waals surface area (Å²) in [6.07, 6.45) is 0.649. The average Bonchev–Trinajstić information content (AvgIpc) is 2.44. The van der Waals surface area contributed by atoms with Crippen molar-refractivity contribution in [2.24, 2.45) is 0 Å². The number of anilines is 1. The van der Waals surface area contributed by atoms with E-state index in [0.29, 0.717) is 25.2 Å². The van der Waals surface area contributed by atoms with E-state index in [4.69, 9.17) is 0 Å². The molecule has 0 heterocycles. The van der Waals surface area contributed by atoms with Gasteiger partial charge in [0, 0.05) is 31.4 Å². The fourth-order valence-corrected chi connectivity index (χ4v) is 3.71. The third kappa shape index (κ3) is 3.92. The molecule has 1 aromatic carbocycles. The van der Waals surface area contributed by atoms with E-state index in [9.17, 15) is 18.5 Å². The summed E-state index contributed by atoms with van der Waals surface area (Å²) in [5.41, 5.74) is 0.129. The number of sulfonamides is 1. The van der Waals surface area contributed by atoms with Crippen LogP contribution in [0.5, 0.6) is 0 Å². The van der Waals surface area contributed by atoms with Crippen LogP contribution in [0.25, 0.3) is 0 Å². The number of nitrogens with one attached hydrogen (secondary N) is 1. The van der Waals surface area contributed by atoms with E-state index < -0.39 is 20.6 Å². The molecule has 0 unspecified atom stereocenters. The summed E-state index contributed by atoms with van der Waals surface area (Å²) in [4.78, 5) is 10.3. The molecule has 1 N–H and O–H groups in total. The first-order valence-electron chi connectivity index (χ1n) is 6.90. The van der Waals surface area contributed by atoms with Crippen molar-refractivity contribution in [3.8, 4) is 0 Å². The number of benzene rings is 1. The molecule has 0 amide bonds. The fraction of sp³-hybridized carbons (Fsp3) is 0.538. The van der Waals surface area contributed by atoms with Gasteiger partial charge < -0.3 is 5.32 Å². The molecule has 0 atom stereocenters. The minimum Gasteiger partial charge on any atom is -0.385 e. The first-order valence-corrected chi connectivity index (χ1v) is 8.34. The Kier molecular flexibility index (Phi) is 6.10. The van der Waals surface area contributed by atoms with Crippen LogP contribution in [-0.4, -0.2) is 37.3 Å². The van der Waals surface area contributed by atoms with Gasteiger partial charge in [0.2, 0.25) is 10.0 Å². The summed E-state index contributed by atoms with van der Waals surface area (Å²) in [6.45, 7) is 6.65. The molecule has 0 aromatic heterocycles. The Bertz CT molecular complexity index is 601. The Hall–Kier alpha value is -1.67. The summed E-state index contributed by atoms with van der Waals surface area (Å²) in [5.74, 6) is 0. The van der Waals surface area contributed by atoms with Gasteiger partial charge in [0.15, 0.2) is 4.90 Å². The van der Waals surface area contributed by atoms with Gasteiger partial charge in [-0.05, 0) is 25.5 Å². The molecule has 1 aromatic rings. The van der Waals surface area contributed by atoms with Crippen molar-refractivity contribution in [2.75, 3.05) is 25.0 Å². The lowest BCUT2D eigenvalue weighted by atomic mass is 10.3. The highest BCUT2D eigenvalue weighted by molar-refractivity contribution is 7.89. The second-order valence-corrected chi connectivity index (χ2v) is 6.37. The maximum atomic E-state index is 12.5. The van der Waals surface area contributed by atoms with E-state index >= 15 is 0 Å². The van der Waals surface area contributed by atoms with Crippen molar-refractivity contribution in [3.05, 3.63) is 28.3 Å². The van der Waals surface area contributed by atoms with E-state index in [0.717, 1.165) is 0 Å². The predicted octanol–water partition coefficient (Wildman–Crippen LogP) is 2.45. The van der Waals surface area contributed by atoms with E-state index in [2.05, 4.69) is 5.32 Å². The zero-order valence-corrected chi connectivity index (χ0v) is 13.3. The summed E-state index contributed by atoms with van der Waals surface area (Å²) >= 11 is 0. The first-order chi connectivity index (χ1) is 9.88. The molecule has 0 aliphatic heterocycles. The molecule has 7 nitrogen and oxygen atoms in total. The largest absolute Gasteiger partial charge is 0.385 e. The zero-order valence-electron chi connectivity index (χ0n) is 12.5. The van der Waals surface area contributed by atoms with Gasteiger partial charge in [0.1, 0.15) is 0 Å². The maximum absolute atomic E-state index is 12.5. The van der Waals surface area contributed by atoms with Crippen LogP contribution in [0.2, 0.25) is 0 Å². The Morgan fingerprint density at radius 2 is 1.95 bits per heavy atom. The van der Waals surface area contributed by atoms with Crippen LogP contribution in [0.15, 0.2) is 23.1 Å². The van der Waals surface area contributed by atoms with Crippen LogP contribution >= 0.6 is 0 Å². The molecule has 8 heteroatoms. The second-order valence-electron chi connectivity index (χ2n) is 4.47. The van der Waals surface area contributed by atoms with Crippen LogP contribution in [0.4, 0.5) is 11.4 Å². The molecule has 0 bridgehead atoms. The van der Waals surface area contributed by atoms with E-state index in [1.54, 1.807) is 13.0 Å². The lowest BCUT2D eigenvalue weighted by Crippen LogP contribution is -2.32. The molecule has 0 saturated carbocycles. The van der Waals surface area contributed by atoms with Gasteiger partial charge >= 0.3 is 0 Å². The van der Waals surface area contributed by atoms with Gasteiger partial charge in [0.05, 0.1) is 4.92 Å².